The molecule has 106 valence electrons. The summed E-state index contributed by atoms with van der Waals surface area (Å²) in [5, 5.41) is 0. The van der Waals surface area contributed by atoms with Crippen LogP contribution in [0.3, 0.4) is 0 Å². The molecule has 1 aromatic carbocycles. The molecule has 1 saturated heterocycles. The largest absolute Gasteiger partial charge is 0.377 e. The number of anilines is 1. The lowest BCUT2D eigenvalue weighted by molar-refractivity contribution is 0.0643. The fraction of sp³-hybridized carbons (Fsp3) is 0.600. The molecule has 3 nitrogen and oxygen atoms in total. The van der Waals surface area contributed by atoms with Gasteiger partial charge in [0.25, 0.3) is 0 Å². The maximum atomic E-state index is 13.5. The topological polar surface area (TPSA) is 38.5 Å². The summed E-state index contributed by atoms with van der Waals surface area (Å²) in [5.41, 5.74) is 7.85. The smallest absolute Gasteiger partial charge is 0.123 e. The molecular weight excluding hydrogens is 243 g/mol. The van der Waals surface area contributed by atoms with E-state index in [1.165, 1.54) is 6.07 Å². The van der Waals surface area contributed by atoms with Gasteiger partial charge in [0.2, 0.25) is 0 Å². The lowest BCUT2D eigenvalue weighted by Crippen LogP contribution is -2.53. The second-order valence-corrected chi connectivity index (χ2v) is 5.97. The van der Waals surface area contributed by atoms with Crippen LogP contribution in [0.25, 0.3) is 0 Å². The van der Waals surface area contributed by atoms with E-state index < -0.39 is 0 Å². The summed E-state index contributed by atoms with van der Waals surface area (Å²) in [6, 6.07) is 5.00. The first-order chi connectivity index (χ1) is 8.90. The van der Waals surface area contributed by atoms with Crippen molar-refractivity contribution in [1.82, 2.24) is 0 Å². The molecule has 4 heteroatoms. The van der Waals surface area contributed by atoms with Crippen molar-refractivity contribution in [3.05, 3.63) is 29.6 Å². The third kappa shape index (κ3) is 3.25. The van der Waals surface area contributed by atoms with Crippen LogP contribution in [-0.2, 0) is 11.2 Å². The predicted octanol–water partition coefficient (Wildman–Crippen LogP) is 2.33. The van der Waals surface area contributed by atoms with E-state index >= 15 is 0 Å². The van der Waals surface area contributed by atoms with Crippen LogP contribution in [0.15, 0.2) is 18.2 Å². The molecule has 1 heterocycles. The van der Waals surface area contributed by atoms with Crippen molar-refractivity contribution in [2.75, 3.05) is 24.7 Å². The molecule has 1 aliphatic heterocycles. The zero-order valence-corrected chi connectivity index (χ0v) is 11.9. The van der Waals surface area contributed by atoms with Gasteiger partial charge < -0.3 is 15.4 Å². The number of hydrogen-bond acceptors (Lipinski definition) is 3. The Kier molecular flexibility index (Phi) is 4.11. The van der Waals surface area contributed by atoms with Gasteiger partial charge in [-0.25, -0.2) is 4.39 Å². The number of ether oxygens (including phenoxy) is 1. The maximum Gasteiger partial charge on any atom is 0.123 e. The van der Waals surface area contributed by atoms with Gasteiger partial charge in [0.1, 0.15) is 5.82 Å². The fourth-order valence-corrected chi connectivity index (χ4v) is 2.63. The standard InChI is InChI=1S/C15H23FN2O/c1-11(17)8-12-9-13(16)4-5-14(12)18-6-7-19-10-15(18,2)3/h4-5,9,11H,6-8,10,17H2,1-3H3. The minimum atomic E-state index is -0.203. The first kappa shape index (κ1) is 14.3. The van der Waals surface area contributed by atoms with Crippen molar-refractivity contribution in [2.45, 2.75) is 38.8 Å². The van der Waals surface area contributed by atoms with E-state index in [2.05, 4.69) is 18.7 Å². The average Bonchev–Trinajstić information content (AvgIpc) is 2.29. The lowest BCUT2D eigenvalue weighted by atomic mass is 9.97. The molecule has 0 spiro atoms. The SMILES string of the molecule is CC(N)Cc1cc(F)ccc1N1CCOCC1(C)C. The van der Waals surface area contributed by atoms with Crippen molar-refractivity contribution in [2.24, 2.45) is 5.73 Å². The van der Waals surface area contributed by atoms with Crippen molar-refractivity contribution < 1.29 is 9.13 Å². The molecule has 1 fully saturated rings. The molecule has 19 heavy (non-hydrogen) atoms. The van der Waals surface area contributed by atoms with E-state index in [0.717, 1.165) is 17.8 Å². The van der Waals surface area contributed by atoms with Gasteiger partial charge in [-0.05, 0) is 51.0 Å². The molecule has 1 atom stereocenters. The van der Waals surface area contributed by atoms with Gasteiger partial charge in [0.05, 0.1) is 18.8 Å². The summed E-state index contributed by atoms with van der Waals surface area (Å²) < 4.78 is 19.0. The Hall–Kier alpha value is -1.13. The quantitative estimate of drug-likeness (QED) is 0.912. The number of halogens is 1. The highest BCUT2D eigenvalue weighted by molar-refractivity contribution is 5.56. The van der Waals surface area contributed by atoms with Gasteiger partial charge in [-0.1, -0.05) is 0 Å². The van der Waals surface area contributed by atoms with Crippen LogP contribution in [0.4, 0.5) is 10.1 Å². The molecule has 2 N–H and O–H groups in total. The van der Waals surface area contributed by atoms with Gasteiger partial charge >= 0.3 is 0 Å². The summed E-state index contributed by atoms with van der Waals surface area (Å²) in [6.07, 6.45) is 0.681. The molecule has 1 unspecified atom stereocenters. The first-order valence-corrected chi connectivity index (χ1v) is 6.79. The second kappa shape index (κ2) is 5.47. The number of rotatable bonds is 3. The molecular formula is C15H23FN2O. The summed E-state index contributed by atoms with van der Waals surface area (Å²) in [4.78, 5) is 2.30. The minimum Gasteiger partial charge on any atom is -0.377 e. The van der Waals surface area contributed by atoms with E-state index in [-0.39, 0.29) is 17.4 Å². The number of hydrogen-bond donors (Lipinski definition) is 1. The minimum absolute atomic E-state index is 0.0182. The monoisotopic (exact) mass is 266 g/mol. The predicted molar refractivity (Wildman–Crippen MR) is 76.0 cm³/mol. The van der Waals surface area contributed by atoms with Crippen LogP contribution < -0.4 is 10.6 Å². The highest BCUT2D eigenvalue weighted by Crippen LogP contribution is 2.31. The summed E-state index contributed by atoms with van der Waals surface area (Å²) >= 11 is 0. The highest BCUT2D eigenvalue weighted by Gasteiger charge is 2.31. The second-order valence-electron chi connectivity index (χ2n) is 5.97. The summed E-state index contributed by atoms with van der Waals surface area (Å²) in [6.45, 7) is 8.44. The Labute approximate surface area is 114 Å². The molecule has 0 aromatic heterocycles. The van der Waals surface area contributed by atoms with Gasteiger partial charge in [-0.2, -0.15) is 0 Å². The number of morpholine rings is 1. The number of nitrogens with two attached hydrogens (primary N) is 1. The van der Waals surface area contributed by atoms with Gasteiger partial charge in [0, 0.05) is 18.3 Å². The van der Waals surface area contributed by atoms with E-state index in [9.17, 15) is 4.39 Å². The molecule has 2 rings (SSSR count). The molecule has 1 aromatic rings. The summed E-state index contributed by atoms with van der Waals surface area (Å²) in [7, 11) is 0. The maximum absolute atomic E-state index is 13.5. The zero-order valence-electron chi connectivity index (χ0n) is 11.9. The van der Waals surface area contributed by atoms with Crippen molar-refractivity contribution in [1.29, 1.82) is 0 Å². The molecule has 0 bridgehead atoms. The molecule has 0 radical (unpaired) electrons. The first-order valence-electron chi connectivity index (χ1n) is 6.79. The molecule has 0 aliphatic carbocycles. The van der Waals surface area contributed by atoms with E-state index in [1.807, 2.05) is 13.0 Å². The Morgan fingerprint density at radius 3 is 2.84 bits per heavy atom. The van der Waals surface area contributed by atoms with E-state index in [0.29, 0.717) is 19.6 Å². The Balaban J connectivity index is 2.37. The Morgan fingerprint density at radius 1 is 1.47 bits per heavy atom. The Morgan fingerprint density at radius 2 is 2.21 bits per heavy atom. The van der Waals surface area contributed by atoms with Gasteiger partial charge in [-0.3, -0.25) is 0 Å². The molecule has 0 saturated carbocycles. The van der Waals surface area contributed by atoms with Crippen molar-refractivity contribution in [3.63, 3.8) is 0 Å². The van der Waals surface area contributed by atoms with Crippen LogP contribution in [0.2, 0.25) is 0 Å². The van der Waals surface area contributed by atoms with Crippen LogP contribution >= 0.6 is 0 Å². The number of benzene rings is 1. The fourth-order valence-electron chi connectivity index (χ4n) is 2.63. The van der Waals surface area contributed by atoms with Crippen LogP contribution in [0.1, 0.15) is 26.3 Å². The number of nitrogens with zero attached hydrogens (tertiary/aromatic N) is 1. The van der Waals surface area contributed by atoms with E-state index in [4.69, 9.17) is 10.5 Å². The van der Waals surface area contributed by atoms with Crippen LogP contribution in [-0.4, -0.2) is 31.3 Å². The zero-order chi connectivity index (χ0) is 14.0. The third-order valence-corrected chi connectivity index (χ3v) is 3.52. The van der Waals surface area contributed by atoms with Crippen molar-refractivity contribution >= 4 is 5.69 Å². The normalized spacial score (nSPS) is 20.4. The molecule has 0 amide bonds. The molecule has 1 aliphatic rings. The Bertz CT molecular complexity index is 446. The van der Waals surface area contributed by atoms with Crippen LogP contribution in [0.5, 0.6) is 0 Å². The van der Waals surface area contributed by atoms with Gasteiger partial charge in [0.15, 0.2) is 0 Å². The highest BCUT2D eigenvalue weighted by atomic mass is 19.1. The summed E-state index contributed by atoms with van der Waals surface area (Å²) in [5.74, 6) is -0.203. The van der Waals surface area contributed by atoms with E-state index in [1.54, 1.807) is 6.07 Å². The van der Waals surface area contributed by atoms with Gasteiger partial charge in [-0.15, -0.1) is 0 Å². The lowest BCUT2D eigenvalue weighted by Gasteiger charge is -2.44. The average molecular weight is 266 g/mol. The third-order valence-electron chi connectivity index (χ3n) is 3.52. The van der Waals surface area contributed by atoms with Crippen molar-refractivity contribution in [3.8, 4) is 0 Å². The van der Waals surface area contributed by atoms with Crippen LogP contribution in [0, 0.1) is 5.82 Å².